The summed E-state index contributed by atoms with van der Waals surface area (Å²) < 4.78 is 40.8. The first kappa shape index (κ1) is 29.4. The zero-order valence-electron chi connectivity index (χ0n) is 21.1. The van der Waals surface area contributed by atoms with Gasteiger partial charge in [0.2, 0.25) is 0 Å². The van der Waals surface area contributed by atoms with E-state index in [0.717, 1.165) is 0 Å². The van der Waals surface area contributed by atoms with Crippen molar-refractivity contribution in [1.29, 1.82) is 0 Å². The molecular weight excluding hydrogens is 497 g/mol. The minimum Gasteiger partial charge on any atom is -0.498 e. The van der Waals surface area contributed by atoms with Gasteiger partial charge in [-0.2, -0.15) is 14.4 Å². The summed E-state index contributed by atoms with van der Waals surface area (Å²) >= 11 is 0. The van der Waals surface area contributed by atoms with Gasteiger partial charge in [0.1, 0.15) is 11.4 Å². The largest absolute Gasteiger partial charge is 0.498 e. The zero-order chi connectivity index (χ0) is 27.6. The van der Waals surface area contributed by atoms with Gasteiger partial charge in [-0.25, -0.2) is 9.78 Å². The van der Waals surface area contributed by atoms with Crippen LogP contribution in [-0.4, -0.2) is 82.3 Å². The molecule has 15 heteroatoms. The Morgan fingerprint density at radius 3 is 2.65 bits per heavy atom. The highest BCUT2D eigenvalue weighted by molar-refractivity contribution is 5.93. The van der Waals surface area contributed by atoms with E-state index in [1.807, 2.05) is 0 Å². The lowest BCUT2D eigenvalue weighted by Crippen LogP contribution is -2.34. The maximum Gasteiger partial charge on any atom is 0.413 e. The molecule has 204 valence electrons. The summed E-state index contributed by atoms with van der Waals surface area (Å²) in [7, 11) is 2.82. The number of carbonyl (C=O) groups is 3. The molecule has 2 aromatic heterocycles. The SMILES string of the molecule is CO/C(C)=C(/COC(=O)CC(C)(C)OC(=O)Nc1nc(F)nc2c1ncn2CCC(CO)OC)OC=O. The van der Waals surface area contributed by atoms with Crippen molar-refractivity contribution in [3.8, 4) is 0 Å². The number of imidazole rings is 1. The van der Waals surface area contributed by atoms with E-state index >= 15 is 0 Å². The highest BCUT2D eigenvalue weighted by atomic mass is 19.1. The molecule has 0 radical (unpaired) electrons. The van der Waals surface area contributed by atoms with Crippen LogP contribution in [0.1, 0.15) is 33.6 Å². The summed E-state index contributed by atoms with van der Waals surface area (Å²) in [6.45, 7) is 4.37. The van der Waals surface area contributed by atoms with Crippen molar-refractivity contribution >= 4 is 35.5 Å². The van der Waals surface area contributed by atoms with Gasteiger partial charge in [0.25, 0.3) is 6.47 Å². The topological polar surface area (TPSA) is 173 Å². The number of anilines is 1. The summed E-state index contributed by atoms with van der Waals surface area (Å²) in [6.07, 6.45) is -1.11. The summed E-state index contributed by atoms with van der Waals surface area (Å²) in [4.78, 5) is 46.8. The van der Waals surface area contributed by atoms with Crippen molar-refractivity contribution in [2.24, 2.45) is 0 Å². The third kappa shape index (κ3) is 8.64. The normalized spacial score (nSPS) is 12.9. The third-order valence-corrected chi connectivity index (χ3v) is 5.08. The van der Waals surface area contributed by atoms with Crippen molar-refractivity contribution in [2.45, 2.75) is 51.9 Å². The van der Waals surface area contributed by atoms with Crippen LogP contribution in [0.4, 0.5) is 15.0 Å². The molecule has 0 aliphatic carbocycles. The van der Waals surface area contributed by atoms with Crippen molar-refractivity contribution in [3.05, 3.63) is 23.9 Å². The van der Waals surface area contributed by atoms with Gasteiger partial charge in [-0.1, -0.05) is 0 Å². The van der Waals surface area contributed by atoms with Gasteiger partial charge >= 0.3 is 18.1 Å². The number of aliphatic hydroxyl groups is 1. The molecule has 0 saturated heterocycles. The lowest BCUT2D eigenvalue weighted by Gasteiger charge is -2.24. The maximum absolute atomic E-state index is 14.1. The van der Waals surface area contributed by atoms with Crippen molar-refractivity contribution in [3.63, 3.8) is 0 Å². The Morgan fingerprint density at radius 1 is 1.30 bits per heavy atom. The van der Waals surface area contributed by atoms with Crippen LogP contribution >= 0.6 is 0 Å². The molecule has 1 unspecified atom stereocenters. The fourth-order valence-electron chi connectivity index (χ4n) is 3.08. The first-order valence-electron chi connectivity index (χ1n) is 11.0. The van der Waals surface area contributed by atoms with Gasteiger partial charge in [0.15, 0.2) is 29.3 Å². The molecule has 14 nitrogen and oxygen atoms in total. The fraction of sp³-hybridized carbons (Fsp3) is 0.545. The first-order chi connectivity index (χ1) is 17.5. The fourth-order valence-corrected chi connectivity index (χ4v) is 3.08. The number of methoxy groups -OCH3 is 2. The second kappa shape index (κ2) is 13.5. The number of aryl methyl sites for hydroxylation is 1. The number of nitrogens with one attached hydrogen (secondary N) is 1. The highest BCUT2D eigenvalue weighted by Gasteiger charge is 2.29. The Kier molecular flexibility index (Phi) is 10.7. The molecule has 0 saturated carbocycles. The molecular formula is C22H30FN5O9. The van der Waals surface area contributed by atoms with E-state index in [4.69, 9.17) is 23.7 Å². The van der Waals surface area contributed by atoms with E-state index in [-0.39, 0.29) is 54.6 Å². The third-order valence-electron chi connectivity index (χ3n) is 5.08. The molecule has 1 atom stereocenters. The molecule has 2 N–H and O–H groups in total. The highest BCUT2D eigenvalue weighted by Crippen LogP contribution is 2.22. The van der Waals surface area contributed by atoms with E-state index in [1.165, 1.54) is 45.9 Å². The predicted molar refractivity (Wildman–Crippen MR) is 124 cm³/mol. The number of hydrogen-bond donors (Lipinski definition) is 2. The number of hydrogen-bond acceptors (Lipinski definition) is 12. The average molecular weight is 528 g/mol. The van der Waals surface area contributed by atoms with Crippen LogP contribution in [0.2, 0.25) is 0 Å². The molecule has 0 fully saturated rings. The number of aromatic nitrogens is 4. The van der Waals surface area contributed by atoms with Gasteiger partial charge < -0.3 is 33.4 Å². The molecule has 2 rings (SSSR count). The summed E-state index contributed by atoms with van der Waals surface area (Å²) in [6, 6.07) is 0. The average Bonchev–Trinajstić information content (AvgIpc) is 3.23. The van der Waals surface area contributed by atoms with Crippen LogP contribution in [0, 0.1) is 6.08 Å². The zero-order valence-corrected chi connectivity index (χ0v) is 21.1. The monoisotopic (exact) mass is 527 g/mol. The van der Waals surface area contributed by atoms with Crippen molar-refractivity contribution < 1.29 is 47.6 Å². The van der Waals surface area contributed by atoms with E-state index in [1.54, 1.807) is 0 Å². The molecule has 0 aliphatic rings. The van der Waals surface area contributed by atoms with Gasteiger partial charge in [0.05, 0.1) is 32.6 Å². The quantitative estimate of drug-likeness (QED) is 0.120. The second-order valence-corrected chi connectivity index (χ2v) is 8.29. The molecule has 37 heavy (non-hydrogen) atoms. The molecule has 0 bridgehead atoms. The Balaban J connectivity index is 2.04. The number of carbonyl (C=O) groups excluding carboxylic acids is 3. The van der Waals surface area contributed by atoms with Crippen LogP contribution in [-0.2, 0) is 39.8 Å². The number of allylic oxidation sites excluding steroid dienone is 1. The smallest absolute Gasteiger partial charge is 0.413 e. The minimum absolute atomic E-state index is 0.00524. The number of nitrogens with zero attached hydrogens (tertiary/aromatic N) is 4. The number of halogens is 1. The van der Waals surface area contributed by atoms with Crippen LogP contribution < -0.4 is 5.32 Å². The lowest BCUT2D eigenvalue weighted by atomic mass is 10.1. The maximum atomic E-state index is 14.1. The van der Waals surface area contributed by atoms with Gasteiger partial charge in [0, 0.05) is 13.7 Å². The molecule has 0 aliphatic heterocycles. The van der Waals surface area contributed by atoms with Crippen LogP contribution in [0.5, 0.6) is 0 Å². The Bertz CT molecular complexity index is 1130. The van der Waals surface area contributed by atoms with Gasteiger partial charge in [-0.05, 0) is 27.2 Å². The van der Waals surface area contributed by atoms with Crippen LogP contribution in [0.15, 0.2) is 17.8 Å². The molecule has 2 heterocycles. The van der Waals surface area contributed by atoms with Gasteiger partial charge in [-0.3, -0.25) is 14.9 Å². The molecule has 1 amide bonds. The molecule has 0 spiro atoms. The second-order valence-electron chi connectivity index (χ2n) is 8.29. The summed E-state index contributed by atoms with van der Waals surface area (Å²) in [5, 5.41) is 11.6. The summed E-state index contributed by atoms with van der Waals surface area (Å²) in [5.74, 6) is -0.732. The number of rotatable bonds is 14. The van der Waals surface area contributed by atoms with Crippen LogP contribution in [0.3, 0.4) is 0 Å². The standard InChI is InChI=1S/C22H30FN5O9/c1-13(33-4)15(36-12-30)10-35-16(31)8-22(2,3)37-21(32)26-18-17-19(27-20(23)25-18)28(11-24-17)7-6-14(9-29)34-5/h11-12,14,29H,6-10H2,1-5H3,(H,25,26,27,32)/b15-13-. The Hall–Kier alpha value is -3.85. The van der Waals surface area contributed by atoms with E-state index in [9.17, 15) is 23.9 Å². The number of esters is 1. The number of amides is 1. The number of ether oxygens (including phenoxy) is 5. The van der Waals surface area contributed by atoms with E-state index in [2.05, 4.69) is 20.3 Å². The van der Waals surface area contributed by atoms with Crippen LogP contribution in [0.25, 0.3) is 11.2 Å². The van der Waals surface area contributed by atoms with Gasteiger partial charge in [-0.15, -0.1) is 0 Å². The molecule has 2 aromatic rings. The Labute approximate surface area is 211 Å². The number of aliphatic hydroxyl groups excluding tert-OH is 1. The van der Waals surface area contributed by atoms with Crippen molar-refractivity contribution in [2.75, 3.05) is 32.8 Å². The summed E-state index contributed by atoms with van der Waals surface area (Å²) in [5.41, 5.74) is -1.11. The molecule has 0 aromatic carbocycles. The van der Waals surface area contributed by atoms with Crippen molar-refractivity contribution in [1.82, 2.24) is 19.5 Å². The minimum atomic E-state index is -1.34. The Morgan fingerprint density at radius 2 is 2.03 bits per heavy atom. The number of fused-ring (bicyclic) bond motifs is 1. The first-order valence-corrected chi connectivity index (χ1v) is 11.0. The van der Waals surface area contributed by atoms with E-state index in [0.29, 0.717) is 13.0 Å². The van der Waals surface area contributed by atoms with E-state index < -0.39 is 29.8 Å². The predicted octanol–water partition coefficient (Wildman–Crippen LogP) is 1.67. The lowest BCUT2D eigenvalue weighted by molar-refractivity contribution is -0.149.